The largest absolute Gasteiger partial charge is 0.497 e. The van der Waals surface area contributed by atoms with E-state index in [-0.39, 0.29) is 6.10 Å². The van der Waals surface area contributed by atoms with Crippen LogP contribution in [0.5, 0.6) is 5.75 Å². The third-order valence-corrected chi connectivity index (χ3v) is 3.41. The van der Waals surface area contributed by atoms with Crippen molar-refractivity contribution in [1.82, 2.24) is 0 Å². The average Bonchev–Trinajstić information content (AvgIpc) is 2.87. The summed E-state index contributed by atoms with van der Waals surface area (Å²) in [6.45, 7) is 2.12. The van der Waals surface area contributed by atoms with Crippen molar-refractivity contribution >= 4 is 0 Å². The van der Waals surface area contributed by atoms with Crippen LogP contribution in [0.1, 0.15) is 37.9 Å². The molecule has 1 fully saturated rings. The molecule has 0 aromatic heterocycles. The molecule has 1 heterocycles. The van der Waals surface area contributed by atoms with E-state index < -0.39 is 6.10 Å². The minimum atomic E-state index is -0.530. The van der Waals surface area contributed by atoms with Gasteiger partial charge in [-0.25, -0.2) is 0 Å². The Morgan fingerprint density at radius 2 is 2.06 bits per heavy atom. The summed E-state index contributed by atoms with van der Waals surface area (Å²) in [6, 6.07) is 7.52. The van der Waals surface area contributed by atoms with Crippen molar-refractivity contribution in [3.05, 3.63) is 29.8 Å². The van der Waals surface area contributed by atoms with Gasteiger partial charge in [-0.2, -0.15) is 0 Å². The highest BCUT2D eigenvalue weighted by molar-refractivity contribution is 5.29. The van der Waals surface area contributed by atoms with Gasteiger partial charge in [-0.05, 0) is 37.0 Å². The molecular weight excluding hydrogens is 216 g/mol. The zero-order valence-corrected chi connectivity index (χ0v) is 10.4. The molecule has 0 aliphatic carbocycles. The number of aliphatic hydroxyl groups excluding tert-OH is 1. The molecule has 0 saturated carbocycles. The van der Waals surface area contributed by atoms with E-state index in [1.807, 2.05) is 24.3 Å². The summed E-state index contributed by atoms with van der Waals surface area (Å²) in [7, 11) is 1.64. The Balaban J connectivity index is 2.01. The Bertz CT molecular complexity index is 347. The molecule has 1 saturated heterocycles. The van der Waals surface area contributed by atoms with Gasteiger partial charge in [0.05, 0.1) is 19.3 Å². The maximum absolute atomic E-state index is 10.2. The predicted molar refractivity (Wildman–Crippen MR) is 66.1 cm³/mol. The standard InChI is InChI=1S/C14H20O3/c1-3-11-8-9-13(17-11)14(15)10-4-6-12(16-2)7-5-10/h4-7,11,13-15H,3,8-9H2,1-2H3/t11-,13-,14-/m1/s1. The van der Waals surface area contributed by atoms with Crippen LogP contribution in [0.25, 0.3) is 0 Å². The van der Waals surface area contributed by atoms with Crippen molar-refractivity contribution in [3.8, 4) is 5.75 Å². The molecule has 1 aromatic rings. The molecule has 0 unspecified atom stereocenters. The molecule has 3 atom stereocenters. The van der Waals surface area contributed by atoms with Crippen molar-refractivity contribution in [2.75, 3.05) is 7.11 Å². The van der Waals surface area contributed by atoms with Crippen LogP contribution in [-0.4, -0.2) is 24.4 Å². The fourth-order valence-electron chi connectivity index (χ4n) is 2.28. The normalized spacial score (nSPS) is 25.8. The van der Waals surface area contributed by atoms with Gasteiger partial charge in [0.1, 0.15) is 11.9 Å². The van der Waals surface area contributed by atoms with Gasteiger partial charge in [-0.15, -0.1) is 0 Å². The van der Waals surface area contributed by atoms with Crippen LogP contribution in [0.3, 0.4) is 0 Å². The Morgan fingerprint density at radius 1 is 1.35 bits per heavy atom. The summed E-state index contributed by atoms with van der Waals surface area (Å²) in [6.07, 6.45) is 2.73. The van der Waals surface area contributed by atoms with E-state index in [2.05, 4.69) is 6.92 Å². The first-order valence-electron chi connectivity index (χ1n) is 6.22. The lowest BCUT2D eigenvalue weighted by molar-refractivity contribution is -0.0360. The van der Waals surface area contributed by atoms with E-state index >= 15 is 0 Å². The number of methoxy groups -OCH3 is 1. The molecular formula is C14H20O3. The second kappa shape index (κ2) is 5.52. The van der Waals surface area contributed by atoms with Gasteiger partial charge in [0.2, 0.25) is 0 Å². The first-order chi connectivity index (χ1) is 8.24. The van der Waals surface area contributed by atoms with E-state index in [0.717, 1.165) is 30.6 Å². The van der Waals surface area contributed by atoms with E-state index in [9.17, 15) is 5.11 Å². The second-order valence-corrected chi connectivity index (χ2v) is 4.50. The number of ether oxygens (including phenoxy) is 2. The summed E-state index contributed by atoms with van der Waals surface area (Å²) < 4.78 is 10.9. The molecule has 2 rings (SSSR count). The van der Waals surface area contributed by atoms with Gasteiger partial charge in [0, 0.05) is 0 Å². The lowest BCUT2D eigenvalue weighted by Crippen LogP contribution is -2.19. The molecule has 0 bridgehead atoms. The topological polar surface area (TPSA) is 38.7 Å². The zero-order valence-electron chi connectivity index (χ0n) is 10.4. The van der Waals surface area contributed by atoms with Crippen LogP contribution in [0, 0.1) is 0 Å². The molecule has 0 amide bonds. The minimum Gasteiger partial charge on any atom is -0.497 e. The van der Waals surface area contributed by atoms with E-state index in [4.69, 9.17) is 9.47 Å². The number of rotatable bonds is 4. The Labute approximate surface area is 102 Å². The smallest absolute Gasteiger partial charge is 0.118 e. The molecule has 0 spiro atoms. The highest BCUT2D eigenvalue weighted by Gasteiger charge is 2.30. The first-order valence-corrected chi connectivity index (χ1v) is 6.22. The molecule has 1 aromatic carbocycles. The predicted octanol–water partition coefficient (Wildman–Crippen LogP) is 2.69. The zero-order chi connectivity index (χ0) is 12.3. The van der Waals surface area contributed by atoms with Crippen LogP contribution < -0.4 is 4.74 Å². The van der Waals surface area contributed by atoms with E-state index in [1.165, 1.54) is 0 Å². The maximum Gasteiger partial charge on any atom is 0.118 e. The van der Waals surface area contributed by atoms with Gasteiger partial charge < -0.3 is 14.6 Å². The summed E-state index contributed by atoms with van der Waals surface area (Å²) in [5, 5.41) is 10.2. The van der Waals surface area contributed by atoms with Crippen molar-refractivity contribution in [3.63, 3.8) is 0 Å². The number of benzene rings is 1. The number of aliphatic hydroxyl groups is 1. The fourth-order valence-corrected chi connectivity index (χ4v) is 2.28. The summed E-state index contributed by atoms with van der Waals surface area (Å²) in [5.74, 6) is 0.805. The highest BCUT2D eigenvalue weighted by atomic mass is 16.5. The van der Waals surface area contributed by atoms with E-state index in [1.54, 1.807) is 7.11 Å². The van der Waals surface area contributed by atoms with Crippen LogP contribution >= 0.6 is 0 Å². The summed E-state index contributed by atoms with van der Waals surface area (Å²) in [4.78, 5) is 0. The van der Waals surface area contributed by atoms with Crippen LogP contribution in [-0.2, 0) is 4.74 Å². The minimum absolute atomic E-state index is 0.0617. The maximum atomic E-state index is 10.2. The Hall–Kier alpha value is -1.06. The van der Waals surface area contributed by atoms with Crippen molar-refractivity contribution in [1.29, 1.82) is 0 Å². The average molecular weight is 236 g/mol. The van der Waals surface area contributed by atoms with Gasteiger partial charge >= 0.3 is 0 Å². The third kappa shape index (κ3) is 2.79. The lowest BCUT2D eigenvalue weighted by Gasteiger charge is -2.19. The number of hydrogen-bond acceptors (Lipinski definition) is 3. The van der Waals surface area contributed by atoms with Crippen molar-refractivity contribution in [2.45, 2.75) is 44.5 Å². The monoisotopic (exact) mass is 236 g/mol. The van der Waals surface area contributed by atoms with Crippen molar-refractivity contribution < 1.29 is 14.6 Å². The van der Waals surface area contributed by atoms with Crippen LogP contribution in [0.4, 0.5) is 0 Å². The molecule has 1 aliphatic rings. The molecule has 1 aliphatic heterocycles. The Morgan fingerprint density at radius 3 is 2.59 bits per heavy atom. The molecule has 3 nitrogen and oxygen atoms in total. The number of hydrogen-bond donors (Lipinski definition) is 1. The van der Waals surface area contributed by atoms with Crippen LogP contribution in [0.15, 0.2) is 24.3 Å². The molecule has 94 valence electrons. The van der Waals surface area contributed by atoms with Crippen molar-refractivity contribution in [2.24, 2.45) is 0 Å². The SMILES string of the molecule is CC[C@@H]1CC[C@H]([C@H](O)c2ccc(OC)cc2)O1. The molecule has 17 heavy (non-hydrogen) atoms. The Kier molecular flexibility index (Phi) is 4.02. The first kappa shape index (κ1) is 12.4. The summed E-state index contributed by atoms with van der Waals surface area (Å²) >= 11 is 0. The third-order valence-electron chi connectivity index (χ3n) is 3.41. The molecule has 0 radical (unpaired) electrons. The van der Waals surface area contributed by atoms with Gasteiger partial charge in [-0.3, -0.25) is 0 Å². The quantitative estimate of drug-likeness (QED) is 0.873. The highest BCUT2D eigenvalue weighted by Crippen LogP contribution is 2.31. The fraction of sp³-hybridized carbons (Fsp3) is 0.571. The molecule has 1 N–H and O–H groups in total. The van der Waals surface area contributed by atoms with Gasteiger partial charge in [-0.1, -0.05) is 19.1 Å². The lowest BCUT2D eigenvalue weighted by atomic mass is 10.0. The second-order valence-electron chi connectivity index (χ2n) is 4.50. The van der Waals surface area contributed by atoms with E-state index in [0.29, 0.717) is 6.10 Å². The van der Waals surface area contributed by atoms with Gasteiger partial charge in [0.25, 0.3) is 0 Å². The summed E-state index contributed by atoms with van der Waals surface area (Å²) in [5.41, 5.74) is 0.896. The van der Waals surface area contributed by atoms with Gasteiger partial charge in [0.15, 0.2) is 0 Å². The van der Waals surface area contributed by atoms with Crippen LogP contribution in [0.2, 0.25) is 0 Å². The molecule has 3 heteroatoms.